The Kier molecular flexibility index (Phi) is 2.96. The van der Waals surface area contributed by atoms with Gasteiger partial charge in [-0.2, -0.15) is 0 Å². The lowest BCUT2D eigenvalue weighted by Gasteiger charge is -2.12. The van der Waals surface area contributed by atoms with Gasteiger partial charge in [0, 0.05) is 29.7 Å². The molecule has 0 atom stereocenters. The summed E-state index contributed by atoms with van der Waals surface area (Å²) < 4.78 is 40.7. The van der Waals surface area contributed by atoms with Crippen molar-refractivity contribution in [2.45, 2.75) is 25.1 Å². The van der Waals surface area contributed by atoms with Gasteiger partial charge in [-0.15, -0.1) is 13.2 Å². The number of benzene rings is 1. The van der Waals surface area contributed by atoms with Gasteiger partial charge in [-0.05, 0) is 37.1 Å². The highest BCUT2D eigenvalue weighted by Gasteiger charge is 2.31. The molecule has 1 aromatic heterocycles. The van der Waals surface area contributed by atoms with Crippen molar-refractivity contribution in [2.75, 3.05) is 12.4 Å². The van der Waals surface area contributed by atoms with Gasteiger partial charge in [0.05, 0.1) is 5.52 Å². The van der Waals surface area contributed by atoms with Crippen LogP contribution in [0.15, 0.2) is 24.3 Å². The van der Waals surface area contributed by atoms with E-state index in [-0.39, 0.29) is 5.75 Å². The Morgan fingerprint density at radius 3 is 2.60 bits per heavy atom. The minimum absolute atomic E-state index is 0.234. The first-order chi connectivity index (χ1) is 9.46. The zero-order valence-electron chi connectivity index (χ0n) is 10.8. The quantitative estimate of drug-likeness (QED) is 0.922. The molecule has 20 heavy (non-hydrogen) atoms. The Balaban J connectivity index is 2.06. The molecule has 3 nitrogen and oxygen atoms in total. The van der Waals surface area contributed by atoms with Crippen molar-refractivity contribution in [3.05, 3.63) is 30.0 Å². The number of halogens is 3. The van der Waals surface area contributed by atoms with Crippen LogP contribution < -0.4 is 10.1 Å². The van der Waals surface area contributed by atoms with E-state index < -0.39 is 6.36 Å². The topological polar surface area (TPSA) is 34.2 Å². The van der Waals surface area contributed by atoms with Gasteiger partial charge in [0.15, 0.2) is 0 Å². The van der Waals surface area contributed by atoms with Crippen molar-refractivity contribution in [2.24, 2.45) is 0 Å². The highest BCUT2D eigenvalue weighted by atomic mass is 19.4. The molecule has 0 aliphatic heterocycles. The van der Waals surface area contributed by atoms with Crippen LogP contribution in [-0.4, -0.2) is 18.4 Å². The van der Waals surface area contributed by atoms with Crippen LogP contribution >= 0.6 is 0 Å². The Hall–Kier alpha value is -1.98. The number of nitrogens with zero attached hydrogens (tertiary/aromatic N) is 1. The fourth-order valence-corrected chi connectivity index (χ4v) is 2.22. The first kappa shape index (κ1) is 13.0. The number of fused-ring (bicyclic) bond motifs is 1. The summed E-state index contributed by atoms with van der Waals surface area (Å²) in [4.78, 5) is 4.51. The molecule has 3 rings (SSSR count). The number of ether oxygens (including phenoxy) is 1. The molecule has 1 saturated carbocycles. The smallest absolute Gasteiger partial charge is 0.406 e. The van der Waals surface area contributed by atoms with Gasteiger partial charge in [-0.3, -0.25) is 4.98 Å². The molecular formula is C14H13F3N2O. The van der Waals surface area contributed by atoms with Crippen LogP contribution in [-0.2, 0) is 0 Å². The second-order valence-electron chi connectivity index (χ2n) is 4.85. The van der Waals surface area contributed by atoms with Crippen molar-refractivity contribution < 1.29 is 17.9 Å². The molecule has 2 aromatic rings. The highest BCUT2D eigenvalue weighted by molar-refractivity contribution is 5.92. The van der Waals surface area contributed by atoms with Gasteiger partial charge in [0.2, 0.25) is 0 Å². The van der Waals surface area contributed by atoms with Gasteiger partial charge in [0.1, 0.15) is 5.75 Å². The maximum Gasteiger partial charge on any atom is 0.573 e. The average Bonchev–Trinajstić information content (AvgIpc) is 3.20. The molecule has 106 valence electrons. The molecule has 1 fully saturated rings. The van der Waals surface area contributed by atoms with Gasteiger partial charge in [-0.25, -0.2) is 0 Å². The van der Waals surface area contributed by atoms with E-state index in [0.717, 1.165) is 24.2 Å². The van der Waals surface area contributed by atoms with E-state index in [2.05, 4.69) is 15.0 Å². The van der Waals surface area contributed by atoms with Crippen molar-refractivity contribution in [1.82, 2.24) is 4.98 Å². The van der Waals surface area contributed by atoms with E-state index in [1.165, 1.54) is 12.1 Å². The number of nitrogens with one attached hydrogen (secondary N) is 1. The normalized spacial score (nSPS) is 15.4. The minimum Gasteiger partial charge on any atom is -0.406 e. The monoisotopic (exact) mass is 282 g/mol. The molecular weight excluding hydrogens is 269 g/mol. The standard InChI is InChI=1S/C14H13F3N2O/c1-18-13-7-12(8-2-3-8)19-11-5-4-9(6-10(11)13)20-14(15,16)17/h4-8H,2-3H2,1H3,(H,18,19). The maximum absolute atomic E-state index is 12.2. The van der Waals surface area contributed by atoms with Crippen LogP contribution in [0.5, 0.6) is 5.75 Å². The minimum atomic E-state index is -4.69. The third kappa shape index (κ3) is 2.64. The van der Waals surface area contributed by atoms with Crippen molar-refractivity contribution in [3.8, 4) is 5.75 Å². The van der Waals surface area contributed by atoms with E-state index in [0.29, 0.717) is 16.8 Å². The van der Waals surface area contributed by atoms with E-state index >= 15 is 0 Å². The molecule has 6 heteroatoms. The molecule has 0 amide bonds. The average molecular weight is 282 g/mol. The van der Waals surface area contributed by atoms with Crippen LogP contribution in [0.25, 0.3) is 10.9 Å². The molecule has 1 aromatic carbocycles. The lowest BCUT2D eigenvalue weighted by Crippen LogP contribution is -2.17. The molecule has 1 N–H and O–H groups in total. The molecule has 1 heterocycles. The third-order valence-electron chi connectivity index (χ3n) is 3.30. The number of hydrogen-bond acceptors (Lipinski definition) is 3. The van der Waals surface area contributed by atoms with E-state index in [1.54, 1.807) is 13.1 Å². The summed E-state index contributed by atoms with van der Waals surface area (Å²) in [6, 6.07) is 6.11. The van der Waals surface area contributed by atoms with E-state index in [1.807, 2.05) is 6.07 Å². The highest BCUT2D eigenvalue weighted by Crippen LogP contribution is 2.41. The number of anilines is 1. The molecule has 1 aliphatic rings. The van der Waals surface area contributed by atoms with Crippen LogP contribution in [0.2, 0.25) is 0 Å². The molecule has 0 spiro atoms. The lowest BCUT2D eigenvalue weighted by atomic mass is 10.1. The van der Waals surface area contributed by atoms with E-state index in [4.69, 9.17) is 0 Å². The summed E-state index contributed by atoms with van der Waals surface area (Å²) in [5, 5.41) is 3.63. The molecule has 0 unspecified atom stereocenters. The van der Waals surface area contributed by atoms with Crippen LogP contribution in [0.1, 0.15) is 24.5 Å². The summed E-state index contributed by atoms with van der Waals surface area (Å²) in [5.74, 6) is 0.250. The first-order valence-corrected chi connectivity index (χ1v) is 6.34. The largest absolute Gasteiger partial charge is 0.573 e. The fourth-order valence-electron chi connectivity index (χ4n) is 2.22. The zero-order valence-corrected chi connectivity index (χ0v) is 10.8. The number of aromatic nitrogens is 1. The third-order valence-corrected chi connectivity index (χ3v) is 3.30. The molecule has 0 saturated heterocycles. The van der Waals surface area contributed by atoms with Crippen LogP contribution in [0.4, 0.5) is 18.9 Å². The van der Waals surface area contributed by atoms with Crippen molar-refractivity contribution >= 4 is 16.6 Å². The van der Waals surface area contributed by atoms with Gasteiger partial charge in [0.25, 0.3) is 0 Å². The van der Waals surface area contributed by atoms with E-state index in [9.17, 15) is 13.2 Å². The number of rotatable bonds is 3. The molecule has 0 radical (unpaired) electrons. The number of pyridine rings is 1. The van der Waals surface area contributed by atoms with Crippen LogP contribution in [0.3, 0.4) is 0 Å². The maximum atomic E-state index is 12.2. The SMILES string of the molecule is CNc1cc(C2CC2)nc2ccc(OC(F)(F)F)cc12. The second-order valence-corrected chi connectivity index (χ2v) is 4.85. The fraction of sp³-hybridized carbons (Fsp3) is 0.357. The van der Waals surface area contributed by atoms with Gasteiger partial charge < -0.3 is 10.1 Å². The molecule has 0 bridgehead atoms. The Bertz CT molecular complexity index is 651. The second kappa shape index (κ2) is 4.54. The molecule has 1 aliphatic carbocycles. The Morgan fingerprint density at radius 2 is 2.00 bits per heavy atom. The predicted molar refractivity (Wildman–Crippen MR) is 69.9 cm³/mol. The van der Waals surface area contributed by atoms with Crippen molar-refractivity contribution in [1.29, 1.82) is 0 Å². The lowest BCUT2D eigenvalue weighted by molar-refractivity contribution is -0.274. The predicted octanol–water partition coefficient (Wildman–Crippen LogP) is 4.05. The van der Waals surface area contributed by atoms with Crippen molar-refractivity contribution in [3.63, 3.8) is 0 Å². The van der Waals surface area contributed by atoms with Crippen LogP contribution in [0, 0.1) is 0 Å². The van der Waals surface area contributed by atoms with Gasteiger partial charge in [-0.1, -0.05) is 0 Å². The Morgan fingerprint density at radius 1 is 1.25 bits per heavy atom. The Labute approximate surface area is 113 Å². The van der Waals surface area contributed by atoms with Gasteiger partial charge >= 0.3 is 6.36 Å². The zero-order chi connectivity index (χ0) is 14.3. The number of hydrogen-bond donors (Lipinski definition) is 1. The summed E-state index contributed by atoms with van der Waals surface area (Å²) in [5.41, 5.74) is 2.43. The summed E-state index contributed by atoms with van der Waals surface area (Å²) in [7, 11) is 1.74. The summed E-state index contributed by atoms with van der Waals surface area (Å²) >= 11 is 0. The number of alkyl halides is 3. The first-order valence-electron chi connectivity index (χ1n) is 6.34. The summed E-state index contributed by atoms with van der Waals surface area (Å²) in [6.45, 7) is 0. The summed E-state index contributed by atoms with van der Waals surface area (Å²) in [6.07, 6.45) is -2.44.